The fourth-order valence-corrected chi connectivity index (χ4v) is 2.74. The monoisotopic (exact) mass is 273 g/mol. The van der Waals surface area contributed by atoms with Gasteiger partial charge in [0.05, 0.1) is 10.9 Å². The average Bonchev–Trinajstić information content (AvgIpc) is 2.88. The van der Waals surface area contributed by atoms with E-state index in [1.54, 1.807) is 19.2 Å². The molecule has 0 spiro atoms. The molecular formula is C14H12FN3S. The molecule has 0 aliphatic heterocycles. The zero-order chi connectivity index (χ0) is 13.4. The second-order valence-corrected chi connectivity index (χ2v) is 5.16. The van der Waals surface area contributed by atoms with Gasteiger partial charge in [-0.15, -0.1) is 11.3 Å². The van der Waals surface area contributed by atoms with Gasteiger partial charge >= 0.3 is 0 Å². The second kappa shape index (κ2) is 4.59. The normalized spacial score (nSPS) is 10.9. The lowest BCUT2D eigenvalue weighted by molar-refractivity contribution is 0.629. The highest BCUT2D eigenvalue weighted by Crippen LogP contribution is 2.29. The first-order valence-electron chi connectivity index (χ1n) is 5.88. The fourth-order valence-electron chi connectivity index (χ4n) is 1.98. The van der Waals surface area contributed by atoms with Crippen LogP contribution in [0.4, 0.5) is 10.2 Å². The first kappa shape index (κ1) is 12.0. The summed E-state index contributed by atoms with van der Waals surface area (Å²) in [5.41, 5.74) is 1.42. The molecule has 1 aromatic carbocycles. The van der Waals surface area contributed by atoms with Gasteiger partial charge in [-0.2, -0.15) is 0 Å². The van der Waals surface area contributed by atoms with Gasteiger partial charge in [-0.1, -0.05) is 11.6 Å². The lowest BCUT2D eigenvalue weighted by Crippen LogP contribution is -1.98. The van der Waals surface area contributed by atoms with E-state index in [1.165, 1.54) is 17.4 Å². The molecule has 0 saturated carbocycles. The molecular weight excluding hydrogens is 261 g/mol. The summed E-state index contributed by atoms with van der Waals surface area (Å²) in [6.07, 6.45) is 0. The van der Waals surface area contributed by atoms with Crippen LogP contribution in [-0.2, 0) is 0 Å². The summed E-state index contributed by atoms with van der Waals surface area (Å²) in [4.78, 5) is 9.71. The Morgan fingerprint density at radius 3 is 2.84 bits per heavy atom. The van der Waals surface area contributed by atoms with Crippen molar-refractivity contribution in [2.75, 3.05) is 12.4 Å². The Balaban J connectivity index is 2.27. The minimum Gasteiger partial charge on any atom is -0.372 e. The highest BCUT2D eigenvalue weighted by molar-refractivity contribution is 7.16. The number of fused-ring (bicyclic) bond motifs is 1. The third kappa shape index (κ3) is 2.06. The quantitative estimate of drug-likeness (QED) is 0.770. The van der Waals surface area contributed by atoms with E-state index in [0.29, 0.717) is 11.4 Å². The number of aryl methyl sites for hydroxylation is 1. The zero-order valence-corrected chi connectivity index (χ0v) is 11.4. The Bertz CT molecular complexity index is 752. The van der Waals surface area contributed by atoms with Gasteiger partial charge in [-0.3, -0.25) is 0 Å². The van der Waals surface area contributed by atoms with Crippen molar-refractivity contribution in [3.05, 3.63) is 41.0 Å². The van der Waals surface area contributed by atoms with Gasteiger partial charge < -0.3 is 5.32 Å². The maximum absolute atomic E-state index is 13.9. The molecule has 3 rings (SSSR count). The van der Waals surface area contributed by atoms with Gasteiger partial charge in [0, 0.05) is 7.05 Å². The molecule has 3 nitrogen and oxygen atoms in total. The van der Waals surface area contributed by atoms with Crippen LogP contribution in [-0.4, -0.2) is 17.0 Å². The number of benzene rings is 1. The average molecular weight is 273 g/mol. The summed E-state index contributed by atoms with van der Waals surface area (Å²) in [6.45, 7) is 1.92. The van der Waals surface area contributed by atoms with Crippen LogP contribution in [0.25, 0.3) is 21.6 Å². The van der Waals surface area contributed by atoms with Crippen molar-refractivity contribution in [2.24, 2.45) is 0 Å². The standard InChI is InChI=1S/C14H12FN3S/c1-8-3-4-11(15)10(7-8)13-17-12(16-2)9-5-6-19-14(9)18-13/h3-7H,1-2H3,(H,16,17,18). The Labute approximate surface area is 114 Å². The van der Waals surface area contributed by atoms with Crippen LogP contribution in [0, 0.1) is 12.7 Å². The minimum absolute atomic E-state index is 0.302. The van der Waals surface area contributed by atoms with Crippen LogP contribution >= 0.6 is 11.3 Å². The van der Waals surface area contributed by atoms with Crippen molar-refractivity contribution >= 4 is 27.4 Å². The molecule has 1 N–H and O–H groups in total. The Hall–Kier alpha value is -2.01. The van der Waals surface area contributed by atoms with Crippen molar-refractivity contribution in [3.63, 3.8) is 0 Å². The number of nitrogens with zero attached hydrogens (tertiary/aromatic N) is 2. The van der Waals surface area contributed by atoms with Gasteiger partial charge in [0.25, 0.3) is 0 Å². The van der Waals surface area contributed by atoms with Crippen LogP contribution in [0.2, 0.25) is 0 Å². The third-order valence-corrected chi connectivity index (χ3v) is 3.73. The number of thiophene rings is 1. The smallest absolute Gasteiger partial charge is 0.166 e. The molecule has 19 heavy (non-hydrogen) atoms. The van der Waals surface area contributed by atoms with Crippen molar-refractivity contribution in [3.8, 4) is 11.4 Å². The number of hydrogen-bond donors (Lipinski definition) is 1. The molecule has 2 aromatic heterocycles. The lowest BCUT2D eigenvalue weighted by Gasteiger charge is -2.07. The van der Waals surface area contributed by atoms with E-state index in [2.05, 4.69) is 15.3 Å². The minimum atomic E-state index is -0.302. The number of rotatable bonds is 2. The molecule has 0 saturated heterocycles. The van der Waals surface area contributed by atoms with E-state index in [1.807, 2.05) is 18.4 Å². The molecule has 3 aromatic rings. The van der Waals surface area contributed by atoms with Crippen molar-refractivity contribution < 1.29 is 4.39 Å². The highest BCUT2D eigenvalue weighted by Gasteiger charge is 2.12. The summed E-state index contributed by atoms with van der Waals surface area (Å²) in [5.74, 6) is 0.839. The molecule has 0 fully saturated rings. The molecule has 0 atom stereocenters. The maximum atomic E-state index is 13.9. The van der Waals surface area contributed by atoms with E-state index in [9.17, 15) is 4.39 Å². The van der Waals surface area contributed by atoms with Gasteiger partial charge in [0.15, 0.2) is 5.82 Å². The molecule has 0 amide bonds. The predicted octanol–water partition coefficient (Wildman–Crippen LogP) is 3.85. The first-order chi connectivity index (χ1) is 9.19. The molecule has 5 heteroatoms. The lowest BCUT2D eigenvalue weighted by atomic mass is 10.1. The Morgan fingerprint density at radius 1 is 1.21 bits per heavy atom. The number of halogens is 1. The first-order valence-corrected chi connectivity index (χ1v) is 6.76. The van der Waals surface area contributed by atoms with E-state index in [-0.39, 0.29) is 5.82 Å². The molecule has 0 radical (unpaired) electrons. The molecule has 0 aliphatic rings. The number of aromatic nitrogens is 2. The summed E-state index contributed by atoms with van der Waals surface area (Å²) in [6, 6.07) is 6.92. The van der Waals surface area contributed by atoms with Gasteiger partial charge in [0.1, 0.15) is 16.5 Å². The van der Waals surface area contributed by atoms with Crippen LogP contribution in [0.1, 0.15) is 5.56 Å². The molecule has 2 heterocycles. The highest BCUT2D eigenvalue weighted by atomic mass is 32.1. The van der Waals surface area contributed by atoms with E-state index >= 15 is 0 Å². The summed E-state index contributed by atoms with van der Waals surface area (Å²) < 4.78 is 13.9. The summed E-state index contributed by atoms with van der Waals surface area (Å²) in [7, 11) is 1.80. The molecule has 96 valence electrons. The number of hydrogen-bond acceptors (Lipinski definition) is 4. The number of anilines is 1. The van der Waals surface area contributed by atoms with E-state index in [4.69, 9.17) is 0 Å². The largest absolute Gasteiger partial charge is 0.372 e. The van der Waals surface area contributed by atoms with Crippen LogP contribution in [0.5, 0.6) is 0 Å². The third-order valence-electron chi connectivity index (χ3n) is 2.92. The van der Waals surface area contributed by atoms with E-state index < -0.39 is 0 Å². The summed E-state index contributed by atoms with van der Waals surface area (Å²) in [5, 5.41) is 5.95. The van der Waals surface area contributed by atoms with Crippen molar-refractivity contribution in [1.82, 2.24) is 9.97 Å². The SMILES string of the molecule is CNc1nc(-c2cc(C)ccc2F)nc2sccc12. The van der Waals surface area contributed by atoms with Crippen molar-refractivity contribution in [1.29, 1.82) is 0 Å². The topological polar surface area (TPSA) is 37.8 Å². The van der Waals surface area contributed by atoms with Gasteiger partial charge in [-0.05, 0) is 30.5 Å². The molecule has 0 unspecified atom stereocenters. The predicted molar refractivity (Wildman–Crippen MR) is 77.1 cm³/mol. The molecule has 0 bridgehead atoms. The molecule has 0 aliphatic carbocycles. The van der Waals surface area contributed by atoms with E-state index in [0.717, 1.165) is 21.6 Å². The zero-order valence-electron chi connectivity index (χ0n) is 10.6. The Morgan fingerprint density at radius 2 is 2.05 bits per heavy atom. The van der Waals surface area contributed by atoms with Crippen molar-refractivity contribution in [2.45, 2.75) is 6.92 Å². The van der Waals surface area contributed by atoms with Gasteiger partial charge in [0.2, 0.25) is 0 Å². The number of nitrogens with one attached hydrogen (secondary N) is 1. The van der Waals surface area contributed by atoms with Crippen LogP contribution in [0.15, 0.2) is 29.6 Å². The maximum Gasteiger partial charge on any atom is 0.166 e. The van der Waals surface area contributed by atoms with Crippen LogP contribution < -0.4 is 5.32 Å². The van der Waals surface area contributed by atoms with Crippen LogP contribution in [0.3, 0.4) is 0 Å². The summed E-state index contributed by atoms with van der Waals surface area (Å²) >= 11 is 1.52. The second-order valence-electron chi connectivity index (χ2n) is 4.27. The fraction of sp³-hybridized carbons (Fsp3) is 0.143. The van der Waals surface area contributed by atoms with Gasteiger partial charge in [-0.25, -0.2) is 14.4 Å². The Kier molecular flexibility index (Phi) is 2.91.